The van der Waals surface area contributed by atoms with Crippen LogP contribution in [0, 0.1) is 0 Å². The largest absolute Gasteiger partial charge is 0.306 e. The van der Waals surface area contributed by atoms with Crippen LogP contribution >= 0.6 is 0 Å². The SMILES string of the molecule is c1ccc(-c2nc(-c3ccccc3)nc(-c3ccc(-n4c5ccccc5c5ncc6c7ncccc7n(-c7ccccc7)c6c54)cc3)n2)cc1. The van der Waals surface area contributed by atoms with Crippen LogP contribution in [0.5, 0.6) is 0 Å². The molecule has 5 aromatic heterocycles. The Bertz CT molecular complexity index is 2780. The van der Waals surface area contributed by atoms with E-state index in [1.807, 2.05) is 85.2 Å². The van der Waals surface area contributed by atoms with Crippen molar-refractivity contribution in [3.05, 3.63) is 164 Å². The van der Waals surface area contributed by atoms with Crippen molar-refractivity contribution >= 4 is 43.9 Å². The predicted octanol–water partition coefficient (Wildman–Crippen LogP) is 9.86. The predicted molar refractivity (Wildman–Crippen MR) is 200 cm³/mol. The maximum Gasteiger partial charge on any atom is 0.164 e. The molecule has 234 valence electrons. The topological polar surface area (TPSA) is 74.3 Å². The Morgan fingerprint density at radius 2 is 0.880 bits per heavy atom. The molecule has 10 aromatic rings. The van der Waals surface area contributed by atoms with Gasteiger partial charge in [-0.1, -0.05) is 97.1 Å². The van der Waals surface area contributed by atoms with E-state index >= 15 is 0 Å². The number of benzene rings is 5. The first kappa shape index (κ1) is 28.1. The first-order chi connectivity index (χ1) is 24.8. The van der Waals surface area contributed by atoms with Crippen molar-refractivity contribution < 1.29 is 0 Å². The maximum absolute atomic E-state index is 5.08. The quantitative estimate of drug-likeness (QED) is 0.187. The van der Waals surface area contributed by atoms with Gasteiger partial charge in [-0.3, -0.25) is 9.97 Å². The number of pyridine rings is 2. The van der Waals surface area contributed by atoms with Crippen molar-refractivity contribution in [2.24, 2.45) is 0 Å². The molecule has 0 saturated carbocycles. The molecule has 0 saturated heterocycles. The number of aromatic nitrogens is 7. The summed E-state index contributed by atoms with van der Waals surface area (Å²) in [6.45, 7) is 0. The van der Waals surface area contributed by atoms with Gasteiger partial charge in [0.2, 0.25) is 0 Å². The van der Waals surface area contributed by atoms with Crippen LogP contribution in [0.15, 0.2) is 164 Å². The molecule has 5 aromatic carbocycles. The summed E-state index contributed by atoms with van der Waals surface area (Å²) in [5.74, 6) is 1.89. The third-order valence-electron chi connectivity index (χ3n) is 9.25. The smallest absolute Gasteiger partial charge is 0.164 e. The summed E-state index contributed by atoms with van der Waals surface area (Å²) in [5, 5.41) is 2.09. The second-order valence-corrected chi connectivity index (χ2v) is 12.2. The van der Waals surface area contributed by atoms with E-state index in [0.29, 0.717) is 17.5 Å². The summed E-state index contributed by atoms with van der Waals surface area (Å²) in [7, 11) is 0. The lowest BCUT2D eigenvalue weighted by Crippen LogP contribution is -2.01. The van der Waals surface area contributed by atoms with Gasteiger partial charge in [-0.05, 0) is 54.6 Å². The van der Waals surface area contributed by atoms with Crippen molar-refractivity contribution in [3.63, 3.8) is 0 Å². The molecular weight excluding hydrogens is 615 g/mol. The van der Waals surface area contributed by atoms with Gasteiger partial charge in [0, 0.05) is 51.2 Å². The van der Waals surface area contributed by atoms with Crippen molar-refractivity contribution in [2.45, 2.75) is 0 Å². The molecule has 0 amide bonds. The lowest BCUT2D eigenvalue weighted by atomic mass is 10.1. The number of rotatable bonds is 5. The lowest BCUT2D eigenvalue weighted by molar-refractivity contribution is 1.07. The van der Waals surface area contributed by atoms with Crippen LogP contribution in [0.4, 0.5) is 0 Å². The summed E-state index contributed by atoms with van der Waals surface area (Å²) in [6, 6.07) is 51.6. The Morgan fingerprint density at radius 1 is 0.360 bits per heavy atom. The van der Waals surface area contributed by atoms with E-state index in [4.69, 9.17) is 24.9 Å². The van der Waals surface area contributed by atoms with Crippen LogP contribution in [-0.4, -0.2) is 34.1 Å². The zero-order valence-corrected chi connectivity index (χ0v) is 26.7. The van der Waals surface area contributed by atoms with E-state index in [9.17, 15) is 0 Å². The van der Waals surface area contributed by atoms with Crippen LogP contribution in [-0.2, 0) is 0 Å². The average molecular weight is 642 g/mol. The molecular formula is C43H27N7. The standard InChI is InChI=1S/C43H27N7/c1-4-13-28(14-5-1)41-46-42(29-15-6-2-7-16-29)48-43(47-41)30-22-24-32(25-23-30)49-35-20-11-10-19-33(35)38-40(49)39-34(27-45-38)37-36(21-12-26-44-37)50(39)31-17-8-3-9-18-31/h1-27H. The fraction of sp³-hybridized carbons (Fsp3) is 0. The molecule has 7 heteroatoms. The normalized spacial score (nSPS) is 11.6. The fourth-order valence-electron chi connectivity index (χ4n) is 7.00. The summed E-state index contributed by atoms with van der Waals surface area (Å²) in [4.78, 5) is 24.7. The molecule has 0 aliphatic rings. The molecule has 50 heavy (non-hydrogen) atoms. The Hall–Kier alpha value is -6.99. The Balaban J connectivity index is 1.21. The molecule has 0 bridgehead atoms. The summed E-state index contributed by atoms with van der Waals surface area (Å²) in [5.41, 5.74) is 10.9. The molecule has 0 radical (unpaired) electrons. The van der Waals surface area contributed by atoms with Crippen molar-refractivity contribution in [2.75, 3.05) is 0 Å². The van der Waals surface area contributed by atoms with E-state index in [0.717, 1.165) is 71.9 Å². The highest BCUT2D eigenvalue weighted by molar-refractivity contribution is 6.21. The van der Waals surface area contributed by atoms with Crippen LogP contribution in [0.1, 0.15) is 0 Å². The molecule has 0 spiro atoms. The Kier molecular flexibility index (Phi) is 6.35. The van der Waals surface area contributed by atoms with Crippen LogP contribution < -0.4 is 0 Å². The molecule has 10 rings (SSSR count). The molecule has 0 fully saturated rings. The van der Waals surface area contributed by atoms with E-state index in [2.05, 4.69) is 88.0 Å². The number of hydrogen-bond donors (Lipinski definition) is 0. The third-order valence-corrected chi connectivity index (χ3v) is 9.25. The van der Waals surface area contributed by atoms with Crippen molar-refractivity contribution in [1.82, 2.24) is 34.1 Å². The highest BCUT2D eigenvalue weighted by Crippen LogP contribution is 2.40. The van der Waals surface area contributed by atoms with Gasteiger partial charge in [-0.15, -0.1) is 0 Å². The van der Waals surface area contributed by atoms with Gasteiger partial charge in [0.25, 0.3) is 0 Å². The maximum atomic E-state index is 5.08. The van der Waals surface area contributed by atoms with Gasteiger partial charge < -0.3 is 9.13 Å². The highest BCUT2D eigenvalue weighted by Gasteiger charge is 2.22. The second kappa shape index (κ2) is 11.3. The van der Waals surface area contributed by atoms with E-state index in [1.54, 1.807) is 0 Å². The molecule has 0 N–H and O–H groups in total. The number of para-hydroxylation sites is 2. The summed E-state index contributed by atoms with van der Waals surface area (Å²) >= 11 is 0. The molecule has 7 nitrogen and oxygen atoms in total. The number of nitrogens with zero attached hydrogens (tertiary/aromatic N) is 7. The van der Waals surface area contributed by atoms with Crippen LogP contribution in [0.2, 0.25) is 0 Å². The fourth-order valence-corrected chi connectivity index (χ4v) is 7.00. The monoisotopic (exact) mass is 641 g/mol. The molecule has 0 aliphatic heterocycles. The first-order valence-corrected chi connectivity index (χ1v) is 16.5. The van der Waals surface area contributed by atoms with E-state index in [1.165, 1.54) is 0 Å². The molecule has 0 atom stereocenters. The van der Waals surface area contributed by atoms with Gasteiger partial charge in [0.15, 0.2) is 17.5 Å². The summed E-state index contributed by atoms with van der Waals surface area (Å²) in [6.07, 6.45) is 3.82. The van der Waals surface area contributed by atoms with Gasteiger partial charge in [0.05, 0.1) is 33.1 Å². The van der Waals surface area contributed by atoms with Crippen molar-refractivity contribution in [3.8, 4) is 45.5 Å². The molecule has 0 aliphatic carbocycles. The van der Waals surface area contributed by atoms with Gasteiger partial charge in [-0.2, -0.15) is 0 Å². The third kappa shape index (κ3) is 4.41. The van der Waals surface area contributed by atoms with Crippen molar-refractivity contribution in [1.29, 1.82) is 0 Å². The van der Waals surface area contributed by atoms with Gasteiger partial charge in [0.1, 0.15) is 0 Å². The zero-order valence-electron chi connectivity index (χ0n) is 26.7. The zero-order chi connectivity index (χ0) is 33.0. The summed E-state index contributed by atoms with van der Waals surface area (Å²) < 4.78 is 4.63. The number of fused-ring (bicyclic) bond motifs is 7. The average Bonchev–Trinajstić information content (AvgIpc) is 3.72. The minimum atomic E-state index is 0.616. The van der Waals surface area contributed by atoms with E-state index < -0.39 is 0 Å². The Labute approximate surface area is 286 Å². The highest BCUT2D eigenvalue weighted by atomic mass is 15.1. The van der Waals surface area contributed by atoms with E-state index in [-0.39, 0.29) is 0 Å². The Morgan fingerprint density at radius 3 is 1.54 bits per heavy atom. The van der Waals surface area contributed by atoms with Gasteiger partial charge in [-0.25, -0.2) is 15.0 Å². The number of hydrogen-bond acceptors (Lipinski definition) is 5. The minimum absolute atomic E-state index is 0.616. The van der Waals surface area contributed by atoms with Crippen LogP contribution in [0.3, 0.4) is 0 Å². The lowest BCUT2D eigenvalue weighted by Gasteiger charge is -2.13. The van der Waals surface area contributed by atoms with Gasteiger partial charge >= 0.3 is 0 Å². The molecule has 0 unspecified atom stereocenters. The minimum Gasteiger partial charge on any atom is -0.306 e. The first-order valence-electron chi connectivity index (χ1n) is 16.5. The van der Waals surface area contributed by atoms with Crippen LogP contribution in [0.25, 0.3) is 89.4 Å². The second-order valence-electron chi connectivity index (χ2n) is 12.2. The molecule has 5 heterocycles.